The molecule has 0 radical (unpaired) electrons. The highest BCUT2D eigenvalue weighted by Gasteiger charge is 2.18. The molecule has 0 saturated heterocycles. The third-order valence-electron chi connectivity index (χ3n) is 4.59. The minimum Gasteiger partial charge on any atom is -0.481 e. The predicted octanol–water partition coefficient (Wildman–Crippen LogP) is 5.05. The second kappa shape index (κ2) is 8.91. The average Bonchev–Trinajstić information content (AvgIpc) is 2.64. The molecular formula is C23H30N2O3. The highest BCUT2D eigenvalue weighted by atomic mass is 16.5. The van der Waals surface area contributed by atoms with Crippen molar-refractivity contribution in [2.45, 2.75) is 59.5 Å². The van der Waals surface area contributed by atoms with E-state index >= 15 is 0 Å². The van der Waals surface area contributed by atoms with Crippen LogP contribution in [0.25, 0.3) is 0 Å². The second-order valence-corrected chi connectivity index (χ2v) is 7.90. The standard InChI is InChI=1S/C23H30N2O3/c1-7-21(26)24-19-9-8-10-20(15(19)2)25-22(27)16(3)28-18-13-11-17(12-14-18)23(4,5)6/h8-14,16H,7H2,1-6H3,(H,24,26)(H,25,27). The van der Waals surface area contributed by atoms with Crippen molar-refractivity contribution in [2.24, 2.45) is 0 Å². The van der Waals surface area contributed by atoms with Crippen LogP contribution in [0.1, 0.15) is 52.2 Å². The minimum absolute atomic E-state index is 0.0667. The number of rotatable bonds is 6. The van der Waals surface area contributed by atoms with Crippen molar-refractivity contribution in [3.05, 3.63) is 53.6 Å². The first-order valence-electron chi connectivity index (χ1n) is 9.59. The molecule has 0 heterocycles. The van der Waals surface area contributed by atoms with Crippen LogP contribution in [0.2, 0.25) is 0 Å². The SMILES string of the molecule is CCC(=O)Nc1cccc(NC(=O)C(C)Oc2ccc(C(C)(C)C)cc2)c1C. The number of nitrogens with one attached hydrogen (secondary N) is 2. The monoisotopic (exact) mass is 382 g/mol. The highest BCUT2D eigenvalue weighted by molar-refractivity contribution is 5.97. The van der Waals surface area contributed by atoms with Crippen LogP contribution in [-0.4, -0.2) is 17.9 Å². The van der Waals surface area contributed by atoms with Crippen molar-refractivity contribution in [2.75, 3.05) is 10.6 Å². The van der Waals surface area contributed by atoms with Gasteiger partial charge in [0.15, 0.2) is 6.10 Å². The molecule has 2 aromatic rings. The fraction of sp³-hybridized carbons (Fsp3) is 0.391. The number of ether oxygens (including phenoxy) is 1. The van der Waals surface area contributed by atoms with Crippen molar-refractivity contribution in [3.63, 3.8) is 0 Å². The summed E-state index contributed by atoms with van der Waals surface area (Å²) in [5.41, 5.74) is 3.42. The van der Waals surface area contributed by atoms with Gasteiger partial charge in [0.25, 0.3) is 5.91 Å². The van der Waals surface area contributed by atoms with Crippen LogP contribution in [0.5, 0.6) is 5.75 Å². The van der Waals surface area contributed by atoms with E-state index in [0.29, 0.717) is 23.5 Å². The third-order valence-corrected chi connectivity index (χ3v) is 4.59. The van der Waals surface area contributed by atoms with E-state index in [1.54, 1.807) is 26.0 Å². The number of hydrogen-bond acceptors (Lipinski definition) is 3. The summed E-state index contributed by atoms with van der Waals surface area (Å²) in [5.74, 6) is 0.334. The molecule has 0 bridgehead atoms. The number of benzene rings is 2. The van der Waals surface area contributed by atoms with Gasteiger partial charge < -0.3 is 15.4 Å². The molecule has 0 aliphatic carbocycles. The number of amides is 2. The first-order valence-corrected chi connectivity index (χ1v) is 9.59. The van der Waals surface area contributed by atoms with Gasteiger partial charge in [-0.2, -0.15) is 0 Å². The summed E-state index contributed by atoms with van der Waals surface area (Å²) >= 11 is 0. The Morgan fingerprint density at radius 2 is 1.57 bits per heavy atom. The van der Waals surface area contributed by atoms with E-state index in [1.165, 1.54) is 5.56 Å². The van der Waals surface area contributed by atoms with Gasteiger partial charge in [-0.25, -0.2) is 0 Å². The number of carbonyl (C=O) groups excluding carboxylic acids is 2. The van der Waals surface area contributed by atoms with E-state index < -0.39 is 6.10 Å². The first kappa shape index (κ1) is 21.5. The van der Waals surface area contributed by atoms with Gasteiger partial charge in [0.1, 0.15) is 5.75 Å². The number of anilines is 2. The van der Waals surface area contributed by atoms with Gasteiger partial charge in [0.2, 0.25) is 5.91 Å². The van der Waals surface area contributed by atoms with E-state index in [2.05, 4.69) is 31.4 Å². The Morgan fingerprint density at radius 1 is 1.00 bits per heavy atom. The van der Waals surface area contributed by atoms with Gasteiger partial charge in [0.05, 0.1) is 0 Å². The maximum absolute atomic E-state index is 12.6. The lowest BCUT2D eigenvalue weighted by molar-refractivity contribution is -0.122. The van der Waals surface area contributed by atoms with Crippen LogP contribution < -0.4 is 15.4 Å². The first-order chi connectivity index (χ1) is 13.1. The average molecular weight is 383 g/mol. The number of carbonyl (C=O) groups is 2. The lowest BCUT2D eigenvalue weighted by Gasteiger charge is -2.20. The lowest BCUT2D eigenvalue weighted by Crippen LogP contribution is -2.30. The zero-order valence-corrected chi connectivity index (χ0v) is 17.6. The molecule has 0 fully saturated rings. The molecule has 2 N–H and O–H groups in total. The summed E-state index contributed by atoms with van der Waals surface area (Å²) in [6.07, 6.45) is -0.261. The highest BCUT2D eigenvalue weighted by Crippen LogP contribution is 2.26. The Kier molecular flexibility index (Phi) is 6.84. The molecule has 0 aliphatic heterocycles. The van der Waals surface area contributed by atoms with Gasteiger partial charge in [0, 0.05) is 17.8 Å². The van der Waals surface area contributed by atoms with Crippen molar-refractivity contribution in [1.82, 2.24) is 0 Å². The predicted molar refractivity (Wildman–Crippen MR) is 114 cm³/mol. The molecule has 5 heteroatoms. The normalized spacial score (nSPS) is 12.2. The van der Waals surface area contributed by atoms with Crippen LogP contribution in [0.15, 0.2) is 42.5 Å². The van der Waals surface area contributed by atoms with Crippen molar-refractivity contribution in [1.29, 1.82) is 0 Å². The van der Waals surface area contributed by atoms with Crippen molar-refractivity contribution >= 4 is 23.2 Å². The summed E-state index contributed by atoms with van der Waals surface area (Å²) in [4.78, 5) is 24.2. The van der Waals surface area contributed by atoms with E-state index in [-0.39, 0.29) is 17.2 Å². The molecular weight excluding hydrogens is 352 g/mol. The van der Waals surface area contributed by atoms with E-state index in [9.17, 15) is 9.59 Å². The molecule has 5 nitrogen and oxygen atoms in total. The van der Waals surface area contributed by atoms with Gasteiger partial charge in [-0.1, -0.05) is 45.9 Å². The summed E-state index contributed by atoms with van der Waals surface area (Å²) < 4.78 is 5.79. The Balaban J connectivity index is 2.04. The maximum Gasteiger partial charge on any atom is 0.265 e. The largest absolute Gasteiger partial charge is 0.481 e. The van der Waals surface area contributed by atoms with E-state index in [1.807, 2.05) is 37.3 Å². The van der Waals surface area contributed by atoms with Crippen LogP contribution in [0.4, 0.5) is 11.4 Å². The fourth-order valence-electron chi connectivity index (χ4n) is 2.67. The molecule has 1 atom stereocenters. The molecule has 150 valence electrons. The molecule has 2 aromatic carbocycles. The second-order valence-electron chi connectivity index (χ2n) is 7.90. The van der Waals surface area contributed by atoms with Crippen LogP contribution in [0, 0.1) is 6.92 Å². The van der Waals surface area contributed by atoms with Crippen LogP contribution in [0.3, 0.4) is 0 Å². The number of hydrogen-bond donors (Lipinski definition) is 2. The molecule has 0 aromatic heterocycles. The van der Waals surface area contributed by atoms with Crippen LogP contribution in [-0.2, 0) is 15.0 Å². The molecule has 28 heavy (non-hydrogen) atoms. The third kappa shape index (κ3) is 5.59. The zero-order valence-electron chi connectivity index (χ0n) is 17.6. The summed E-state index contributed by atoms with van der Waals surface area (Å²) in [5, 5.41) is 5.72. The molecule has 0 spiro atoms. The van der Waals surface area contributed by atoms with E-state index in [0.717, 1.165) is 5.56 Å². The molecule has 0 saturated carbocycles. The fourth-order valence-corrected chi connectivity index (χ4v) is 2.67. The van der Waals surface area contributed by atoms with E-state index in [4.69, 9.17) is 4.74 Å². The maximum atomic E-state index is 12.6. The quantitative estimate of drug-likeness (QED) is 0.735. The zero-order chi connectivity index (χ0) is 20.9. The summed E-state index contributed by atoms with van der Waals surface area (Å²) in [6, 6.07) is 13.2. The van der Waals surface area contributed by atoms with Crippen molar-refractivity contribution < 1.29 is 14.3 Å². The Hall–Kier alpha value is -2.82. The summed E-state index contributed by atoms with van der Waals surface area (Å²) in [7, 11) is 0. The van der Waals surface area contributed by atoms with Gasteiger partial charge in [-0.05, 0) is 54.7 Å². The lowest BCUT2D eigenvalue weighted by atomic mass is 9.87. The van der Waals surface area contributed by atoms with Gasteiger partial charge >= 0.3 is 0 Å². The Labute approximate surface area is 167 Å². The molecule has 2 rings (SSSR count). The smallest absolute Gasteiger partial charge is 0.265 e. The van der Waals surface area contributed by atoms with Gasteiger partial charge in [-0.3, -0.25) is 9.59 Å². The Morgan fingerprint density at radius 3 is 2.11 bits per heavy atom. The molecule has 1 unspecified atom stereocenters. The topological polar surface area (TPSA) is 67.4 Å². The van der Waals surface area contributed by atoms with Gasteiger partial charge in [-0.15, -0.1) is 0 Å². The Bertz CT molecular complexity index is 836. The summed E-state index contributed by atoms with van der Waals surface area (Å²) in [6.45, 7) is 11.8. The minimum atomic E-state index is -0.659. The van der Waals surface area contributed by atoms with Crippen LogP contribution >= 0.6 is 0 Å². The van der Waals surface area contributed by atoms with Crippen molar-refractivity contribution in [3.8, 4) is 5.75 Å². The molecule has 2 amide bonds. The molecule has 0 aliphatic rings.